The molecule has 3 N–H and O–H groups in total. The second-order valence-corrected chi connectivity index (χ2v) is 5.55. The number of benzene rings is 2. The number of methoxy groups -OCH3 is 1. The van der Waals surface area contributed by atoms with Crippen LogP contribution in [0.4, 0.5) is 11.4 Å². The third kappa shape index (κ3) is 6.74. The van der Waals surface area contributed by atoms with Crippen LogP contribution in [0.15, 0.2) is 54.6 Å². The molecule has 26 heavy (non-hydrogen) atoms. The Labute approximate surface area is 151 Å². The highest BCUT2D eigenvalue weighted by Crippen LogP contribution is 2.14. The minimum Gasteiger partial charge on any atom is -0.375 e. The van der Waals surface area contributed by atoms with Crippen LogP contribution in [0.25, 0.3) is 0 Å². The summed E-state index contributed by atoms with van der Waals surface area (Å²) < 4.78 is 4.75. The first-order chi connectivity index (χ1) is 12.6. The van der Waals surface area contributed by atoms with Gasteiger partial charge in [-0.3, -0.25) is 14.4 Å². The third-order valence-corrected chi connectivity index (χ3v) is 3.36. The lowest BCUT2D eigenvalue weighted by atomic mass is 10.1. The van der Waals surface area contributed by atoms with Crippen LogP contribution in [0.3, 0.4) is 0 Å². The zero-order valence-electron chi connectivity index (χ0n) is 14.5. The molecule has 2 aromatic carbocycles. The maximum atomic E-state index is 12.0. The molecule has 0 fully saturated rings. The predicted octanol–water partition coefficient (Wildman–Crippen LogP) is 1.57. The van der Waals surface area contributed by atoms with E-state index in [9.17, 15) is 14.4 Å². The van der Waals surface area contributed by atoms with E-state index < -0.39 is 0 Å². The molecule has 0 aliphatic carbocycles. The molecule has 0 radical (unpaired) electrons. The van der Waals surface area contributed by atoms with Crippen molar-refractivity contribution in [1.82, 2.24) is 5.32 Å². The van der Waals surface area contributed by atoms with Gasteiger partial charge in [0.25, 0.3) is 0 Å². The standard InChI is InChI=1S/C19H21N3O4/c1-26-13-19(25)22-16-9-5-8-15(11-16)21-18(24)12-20-17(23)10-14-6-3-2-4-7-14/h2-9,11H,10,12-13H2,1H3,(H,20,23)(H,21,24)(H,22,25). The molecule has 0 saturated heterocycles. The molecule has 2 aromatic rings. The van der Waals surface area contributed by atoms with Gasteiger partial charge >= 0.3 is 0 Å². The maximum Gasteiger partial charge on any atom is 0.250 e. The van der Waals surface area contributed by atoms with Gasteiger partial charge in [-0.15, -0.1) is 0 Å². The molecule has 7 nitrogen and oxygen atoms in total. The highest BCUT2D eigenvalue weighted by atomic mass is 16.5. The highest BCUT2D eigenvalue weighted by Gasteiger charge is 2.08. The summed E-state index contributed by atoms with van der Waals surface area (Å²) in [4.78, 5) is 35.3. The molecule has 3 amide bonds. The van der Waals surface area contributed by atoms with Crippen molar-refractivity contribution in [2.75, 3.05) is 30.9 Å². The summed E-state index contributed by atoms with van der Waals surface area (Å²) >= 11 is 0. The first-order valence-electron chi connectivity index (χ1n) is 8.06. The summed E-state index contributed by atoms with van der Waals surface area (Å²) in [6, 6.07) is 16.0. The van der Waals surface area contributed by atoms with Crippen molar-refractivity contribution >= 4 is 29.1 Å². The normalized spacial score (nSPS) is 10.0. The number of ether oxygens (including phenoxy) is 1. The van der Waals surface area contributed by atoms with Crippen LogP contribution in [-0.2, 0) is 25.5 Å². The van der Waals surface area contributed by atoms with Crippen LogP contribution in [0.1, 0.15) is 5.56 Å². The van der Waals surface area contributed by atoms with Gasteiger partial charge in [0.15, 0.2) is 0 Å². The van der Waals surface area contributed by atoms with Crippen molar-refractivity contribution in [1.29, 1.82) is 0 Å². The average Bonchev–Trinajstić information content (AvgIpc) is 2.61. The Morgan fingerprint density at radius 1 is 0.846 bits per heavy atom. The summed E-state index contributed by atoms with van der Waals surface area (Å²) in [5.74, 6) is -0.872. The Bertz CT molecular complexity index is 762. The molecule has 0 bridgehead atoms. The smallest absolute Gasteiger partial charge is 0.250 e. The average molecular weight is 355 g/mol. The summed E-state index contributed by atoms with van der Waals surface area (Å²) in [5, 5.41) is 7.90. The van der Waals surface area contributed by atoms with Crippen LogP contribution < -0.4 is 16.0 Å². The second-order valence-electron chi connectivity index (χ2n) is 5.55. The Morgan fingerprint density at radius 2 is 1.50 bits per heavy atom. The van der Waals surface area contributed by atoms with Gasteiger partial charge in [-0.25, -0.2) is 0 Å². The molecule has 7 heteroatoms. The van der Waals surface area contributed by atoms with E-state index in [1.54, 1.807) is 24.3 Å². The zero-order valence-corrected chi connectivity index (χ0v) is 14.5. The molecule has 0 aliphatic rings. The number of hydrogen-bond donors (Lipinski definition) is 3. The van der Waals surface area contributed by atoms with E-state index in [0.29, 0.717) is 11.4 Å². The SMILES string of the molecule is COCC(=O)Nc1cccc(NC(=O)CNC(=O)Cc2ccccc2)c1. The largest absolute Gasteiger partial charge is 0.375 e. The number of rotatable bonds is 8. The topological polar surface area (TPSA) is 96.5 Å². The number of carbonyl (C=O) groups excluding carboxylic acids is 3. The van der Waals surface area contributed by atoms with E-state index in [1.165, 1.54) is 7.11 Å². The molecule has 0 heterocycles. The van der Waals surface area contributed by atoms with Gasteiger partial charge in [0.05, 0.1) is 13.0 Å². The Balaban J connectivity index is 1.80. The fourth-order valence-electron chi connectivity index (χ4n) is 2.23. The monoisotopic (exact) mass is 355 g/mol. The van der Waals surface area contributed by atoms with Crippen molar-refractivity contribution in [3.8, 4) is 0 Å². The van der Waals surface area contributed by atoms with Crippen LogP contribution in [0.5, 0.6) is 0 Å². The highest BCUT2D eigenvalue weighted by molar-refractivity contribution is 5.96. The van der Waals surface area contributed by atoms with Gasteiger partial charge in [-0.1, -0.05) is 36.4 Å². The van der Waals surface area contributed by atoms with Gasteiger partial charge in [-0.05, 0) is 23.8 Å². The number of anilines is 2. The minimum atomic E-state index is -0.355. The summed E-state index contributed by atoms with van der Waals surface area (Å²) in [7, 11) is 1.43. The van der Waals surface area contributed by atoms with Crippen molar-refractivity contribution in [3.63, 3.8) is 0 Å². The van der Waals surface area contributed by atoms with Crippen molar-refractivity contribution in [2.24, 2.45) is 0 Å². The Hall–Kier alpha value is -3.19. The molecular weight excluding hydrogens is 334 g/mol. The van der Waals surface area contributed by atoms with Crippen molar-refractivity contribution in [3.05, 3.63) is 60.2 Å². The van der Waals surface area contributed by atoms with Crippen LogP contribution in [0.2, 0.25) is 0 Å². The number of carbonyl (C=O) groups is 3. The van der Waals surface area contributed by atoms with Gasteiger partial charge in [0, 0.05) is 18.5 Å². The molecule has 0 spiro atoms. The van der Waals surface area contributed by atoms with E-state index in [0.717, 1.165) is 5.56 Å². The number of amides is 3. The van der Waals surface area contributed by atoms with E-state index in [2.05, 4.69) is 16.0 Å². The number of hydrogen-bond acceptors (Lipinski definition) is 4. The number of nitrogens with one attached hydrogen (secondary N) is 3. The molecule has 0 atom stereocenters. The van der Waals surface area contributed by atoms with Gasteiger partial charge < -0.3 is 20.7 Å². The summed E-state index contributed by atoms with van der Waals surface area (Å²) in [6.07, 6.45) is 0.217. The van der Waals surface area contributed by atoms with Crippen LogP contribution in [-0.4, -0.2) is 38.0 Å². The van der Waals surface area contributed by atoms with Crippen LogP contribution in [0, 0.1) is 0 Å². The van der Waals surface area contributed by atoms with E-state index in [-0.39, 0.29) is 37.3 Å². The lowest BCUT2D eigenvalue weighted by Crippen LogP contribution is -2.33. The molecule has 2 rings (SSSR count). The summed E-state index contributed by atoms with van der Waals surface area (Å²) in [6.45, 7) is -0.185. The molecule has 0 unspecified atom stereocenters. The van der Waals surface area contributed by atoms with Gasteiger partial charge in [0.1, 0.15) is 6.61 Å². The molecule has 0 saturated carbocycles. The van der Waals surface area contributed by atoms with Gasteiger partial charge in [0.2, 0.25) is 17.7 Å². The first kappa shape index (κ1) is 19.1. The molecular formula is C19H21N3O4. The molecule has 0 aliphatic heterocycles. The van der Waals surface area contributed by atoms with Gasteiger partial charge in [-0.2, -0.15) is 0 Å². The van der Waals surface area contributed by atoms with Crippen molar-refractivity contribution < 1.29 is 19.1 Å². The van der Waals surface area contributed by atoms with E-state index >= 15 is 0 Å². The fourth-order valence-corrected chi connectivity index (χ4v) is 2.23. The predicted molar refractivity (Wildman–Crippen MR) is 98.7 cm³/mol. The zero-order chi connectivity index (χ0) is 18.8. The van der Waals surface area contributed by atoms with E-state index in [1.807, 2.05) is 30.3 Å². The maximum absolute atomic E-state index is 12.0. The fraction of sp³-hybridized carbons (Fsp3) is 0.211. The third-order valence-electron chi connectivity index (χ3n) is 3.36. The second kappa shape index (κ2) is 9.95. The summed E-state index contributed by atoms with van der Waals surface area (Å²) in [5.41, 5.74) is 1.94. The van der Waals surface area contributed by atoms with Crippen molar-refractivity contribution in [2.45, 2.75) is 6.42 Å². The quantitative estimate of drug-likeness (QED) is 0.670. The first-order valence-corrected chi connectivity index (χ1v) is 8.06. The Kier molecular flexibility index (Phi) is 7.32. The lowest BCUT2D eigenvalue weighted by molar-refractivity contribution is -0.123. The molecule has 136 valence electrons. The van der Waals surface area contributed by atoms with Crippen LogP contribution >= 0.6 is 0 Å². The molecule has 0 aromatic heterocycles. The van der Waals surface area contributed by atoms with E-state index in [4.69, 9.17) is 4.74 Å². The minimum absolute atomic E-state index is 0.0516. The Morgan fingerprint density at radius 3 is 2.15 bits per heavy atom. The lowest BCUT2D eigenvalue weighted by Gasteiger charge is -2.09.